The number of rotatable bonds is 5. The van der Waals surface area contributed by atoms with Crippen molar-refractivity contribution in [3.05, 3.63) is 65.0 Å². The van der Waals surface area contributed by atoms with Crippen molar-refractivity contribution in [3.63, 3.8) is 0 Å². The average molecular weight is 315 g/mol. The Morgan fingerprint density at radius 3 is 2.30 bits per heavy atom. The molecule has 0 spiro atoms. The number of aryl methyl sites for hydroxylation is 2. The molecule has 0 saturated carbocycles. The summed E-state index contributed by atoms with van der Waals surface area (Å²) in [5.41, 5.74) is 3.15. The van der Waals surface area contributed by atoms with E-state index in [1.165, 1.54) is 17.7 Å². The van der Waals surface area contributed by atoms with E-state index in [0.717, 1.165) is 11.1 Å². The highest BCUT2D eigenvalue weighted by atomic mass is 19.1. The molecular formula is C19H22FNO2. The molecule has 0 aliphatic heterocycles. The lowest BCUT2D eigenvalue weighted by Crippen LogP contribution is -2.37. The summed E-state index contributed by atoms with van der Waals surface area (Å²) in [6.45, 7) is 7.60. The summed E-state index contributed by atoms with van der Waals surface area (Å²) in [7, 11) is 0. The number of hydrogen-bond donors (Lipinski definition) is 1. The Balaban J connectivity index is 1.96. The normalized spacial score (nSPS) is 13.3. The fourth-order valence-corrected chi connectivity index (χ4v) is 2.21. The van der Waals surface area contributed by atoms with E-state index in [1.54, 1.807) is 19.1 Å². The standard InChI is InChI=1S/C19H22FNO2/c1-12-5-10-18(11-13(12)2)23-15(4)19(22)21-14(3)16-6-8-17(20)9-7-16/h5-11,14-15H,1-4H3,(H,21,22)/t14-,15-/m0/s1. The van der Waals surface area contributed by atoms with Gasteiger partial charge in [-0.2, -0.15) is 0 Å². The molecule has 3 nitrogen and oxygen atoms in total. The van der Waals surface area contributed by atoms with Gasteiger partial charge < -0.3 is 10.1 Å². The number of hydrogen-bond acceptors (Lipinski definition) is 2. The second-order valence-corrected chi connectivity index (χ2v) is 5.79. The molecule has 122 valence electrons. The molecule has 1 amide bonds. The minimum absolute atomic E-state index is 0.208. The number of halogens is 1. The van der Waals surface area contributed by atoms with E-state index < -0.39 is 6.10 Å². The number of carbonyl (C=O) groups is 1. The van der Waals surface area contributed by atoms with Gasteiger partial charge in [0.25, 0.3) is 5.91 Å². The van der Waals surface area contributed by atoms with Gasteiger partial charge in [-0.25, -0.2) is 4.39 Å². The Labute approximate surface area is 136 Å². The van der Waals surface area contributed by atoms with Crippen molar-refractivity contribution >= 4 is 5.91 Å². The summed E-state index contributed by atoms with van der Waals surface area (Å²) in [5.74, 6) is 0.170. The summed E-state index contributed by atoms with van der Waals surface area (Å²) in [6.07, 6.45) is -0.611. The van der Waals surface area contributed by atoms with Gasteiger partial charge in [-0.05, 0) is 68.7 Å². The molecule has 2 atom stereocenters. The summed E-state index contributed by atoms with van der Waals surface area (Å²) in [6, 6.07) is 11.6. The summed E-state index contributed by atoms with van der Waals surface area (Å²) < 4.78 is 18.6. The molecular weight excluding hydrogens is 293 g/mol. The predicted octanol–water partition coefficient (Wildman–Crippen LogP) is 4.09. The van der Waals surface area contributed by atoms with Gasteiger partial charge in [0, 0.05) is 0 Å². The van der Waals surface area contributed by atoms with Gasteiger partial charge in [0.15, 0.2) is 6.10 Å². The van der Waals surface area contributed by atoms with Crippen molar-refractivity contribution in [1.82, 2.24) is 5.32 Å². The Morgan fingerprint density at radius 2 is 1.70 bits per heavy atom. The molecule has 4 heteroatoms. The van der Waals surface area contributed by atoms with Crippen molar-refractivity contribution in [2.24, 2.45) is 0 Å². The molecule has 23 heavy (non-hydrogen) atoms. The van der Waals surface area contributed by atoms with Crippen LogP contribution in [0.1, 0.15) is 36.6 Å². The van der Waals surface area contributed by atoms with Crippen LogP contribution in [0.4, 0.5) is 4.39 Å². The maximum Gasteiger partial charge on any atom is 0.261 e. The predicted molar refractivity (Wildman–Crippen MR) is 89.0 cm³/mol. The van der Waals surface area contributed by atoms with Gasteiger partial charge in [-0.1, -0.05) is 18.2 Å². The highest BCUT2D eigenvalue weighted by molar-refractivity contribution is 5.81. The van der Waals surface area contributed by atoms with E-state index >= 15 is 0 Å². The minimum Gasteiger partial charge on any atom is -0.481 e. The lowest BCUT2D eigenvalue weighted by Gasteiger charge is -2.19. The van der Waals surface area contributed by atoms with E-state index in [0.29, 0.717) is 5.75 Å². The highest BCUT2D eigenvalue weighted by Gasteiger charge is 2.18. The first-order valence-corrected chi connectivity index (χ1v) is 7.66. The third-order valence-corrected chi connectivity index (χ3v) is 3.89. The SMILES string of the molecule is Cc1ccc(O[C@@H](C)C(=O)N[C@@H](C)c2ccc(F)cc2)cc1C. The molecule has 0 unspecified atom stereocenters. The van der Waals surface area contributed by atoms with Gasteiger partial charge in [0.2, 0.25) is 0 Å². The molecule has 2 rings (SSSR count). The molecule has 0 heterocycles. The van der Waals surface area contributed by atoms with Crippen molar-refractivity contribution in [1.29, 1.82) is 0 Å². The summed E-state index contributed by atoms with van der Waals surface area (Å²) in [5, 5.41) is 2.88. The van der Waals surface area contributed by atoms with Crippen molar-refractivity contribution in [2.75, 3.05) is 0 Å². The number of carbonyl (C=O) groups excluding carboxylic acids is 1. The largest absolute Gasteiger partial charge is 0.481 e. The fraction of sp³-hybridized carbons (Fsp3) is 0.316. The lowest BCUT2D eigenvalue weighted by atomic mass is 10.1. The zero-order chi connectivity index (χ0) is 17.0. The molecule has 0 aliphatic rings. The Kier molecular flexibility index (Phi) is 5.37. The van der Waals surface area contributed by atoms with Crippen LogP contribution in [0.5, 0.6) is 5.75 Å². The van der Waals surface area contributed by atoms with Gasteiger partial charge in [-0.3, -0.25) is 4.79 Å². The van der Waals surface area contributed by atoms with Crippen LogP contribution in [-0.4, -0.2) is 12.0 Å². The first-order chi connectivity index (χ1) is 10.9. The number of benzene rings is 2. The van der Waals surface area contributed by atoms with Crippen LogP contribution in [-0.2, 0) is 4.79 Å². The quantitative estimate of drug-likeness (QED) is 0.902. The second-order valence-electron chi connectivity index (χ2n) is 5.79. The topological polar surface area (TPSA) is 38.3 Å². The molecule has 1 N–H and O–H groups in total. The molecule has 0 aromatic heterocycles. The van der Waals surface area contributed by atoms with Crippen molar-refractivity contribution in [2.45, 2.75) is 39.8 Å². The highest BCUT2D eigenvalue weighted by Crippen LogP contribution is 2.18. The monoisotopic (exact) mass is 315 g/mol. The Morgan fingerprint density at radius 1 is 1.04 bits per heavy atom. The van der Waals surface area contributed by atoms with Crippen LogP contribution in [0.25, 0.3) is 0 Å². The van der Waals surface area contributed by atoms with E-state index in [4.69, 9.17) is 4.74 Å². The molecule has 2 aromatic carbocycles. The van der Waals surface area contributed by atoms with Crippen LogP contribution < -0.4 is 10.1 Å². The first kappa shape index (κ1) is 17.0. The Hall–Kier alpha value is -2.36. The molecule has 2 aromatic rings. The zero-order valence-electron chi connectivity index (χ0n) is 13.9. The average Bonchev–Trinajstić information content (AvgIpc) is 2.51. The summed E-state index contributed by atoms with van der Waals surface area (Å²) >= 11 is 0. The second kappa shape index (κ2) is 7.27. The molecule has 0 radical (unpaired) electrons. The molecule has 0 bridgehead atoms. The van der Waals surface area contributed by atoms with Gasteiger partial charge in [-0.15, -0.1) is 0 Å². The lowest BCUT2D eigenvalue weighted by molar-refractivity contribution is -0.127. The van der Waals surface area contributed by atoms with Crippen LogP contribution in [0.3, 0.4) is 0 Å². The molecule has 0 aliphatic carbocycles. The first-order valence-electron chi connectivity index (χ1n) is 7.66. The van der Waals surface area contributed by atoms with Crippen molar-refractivity contribution in [3.8, 4) is 5.75 Å². The summed E-state index contributed by atoms with van der Waals surface area (Å²) in [4.78, 5) is 12.2. The maximum atomic E-state index is 12.9. The van der Waals surface area contributed by atoms with Gasteiger partial charge >= 0.3 is 0 Å². The van der Waals surface area contributed by atoms with E-state index in [9.17, 15) is 9.18 Å². The smallest absolute Gasteiger partial charge is 0.261 e. The third-order valence-electron chi connectivity index (χ3n) is 3.89. The number of nitrogens with one attached hydrogen (secondary N) is 1. The van der Waals surface area contributed by atoms with Crippen molar-refractivity contribution < 1.29 is 13.9 Å². The number of amides is 1. The van der Waals surface area contributed by atoms with Gasteiger partial charge in [0.05, 0.1) is 6.04 Å². The fourth-order valence-electron chi connectivity index (χ4n) is 2.21. The van der Waals surface area contributed by atoms with Crippen LogP contribution in [0, 0.1) is 19.7 Å². The van der Waals surface area contributed by atoms with Gasteiger partial charge in [0.1, 0.15) is 11.6 Å². The van der Waals surface area contributed by atoms with E-state index in [1.807, 2.05) is 39.0 Å². The zero-order valence-corrected chi connectivity index (χ0v) is 13.9. The van der Waals surface area contributed by atoms with E-state index in [-0.39, 0.29) is 17.8 Å². The number of ether oxygens (including phenoxy) is 1. The molecule has 0 saturated heterocycles. The molecule has 0 fully saturated rings. The maximum absolute atomic E-state index is 12.9. The van der Waals surface area contributed by atoms with Crippen LogP contribution in [0.15, 0.2) is 42.5 Å². The third kappa shape index (κ3) is 4.55. The minimum atomic E-state index is -0.611. The Bertz CT molecular complexity index is 682. The van der Waals surface area contributed by atoms with E-state index in [2.05, 4.69) is 5.32 Å². The van der Waals surface area contributed by atoms with Crippen LogP contribution >= 0.6 is 0 Å². The van der Waals surface area contributed by atoms with Crippen LogP contribution in [0.2, 0.25) is 0 Å².